The van der Waals surface area contributed by atoms with E-state index in [0.717, 1.165) is 0 Å². The molecule has 59 heavy (non-hydrogen) atoms. The van der Waals surface area contributed by atoms with Crippen molar-refractivity contribution in [1.29, 1.82) is 0 Å². The third-order valence-corrected chi connectivity index (χ3v) is 7.44. The summed E-state index contributed by atoms with van der Waals surface area (Å²) in [6.07, 6.45) is 6.06. The molecule has 0 fully saturated rings. The Bertz CT molecular complexity index is 1860. The Morgan fingerprint density at radius 1 is 0.695 bits per heavy atom. The molecular formula is C32H36N8O17ReS. The van der Waals surface area contributed by atoms with Gasteiger partial charge in [-0.25, -0.2) is 9.97 Å². The van der Waals surface area contributed by atoms with Gasteiger partial charge in [-0.3, -0.25) is 42.9 Å². The number of nitrogens with one attached hydrogen (secondary N) is 1. The molecule has 6 N–H and O–H groups in total. The molecule has 2 amide bonds. The fourth-order valence-electron chi connectivity index (χ4n) is 4.74. The first-order chi connectivity index (χ1) is 27.5. The maximum absolute atomic E-state index is 12.9. The number of amides is 2. The van der Waals surface area contributed by atoms with Crippen LogP contribution < -0.4 is 9.46 Å². The molecule has 25 nitrogen and oxygen atoms in total. The van der Waals surface area contributed by atoms with Crippen LogP contribution in [-0.2, 0) is 99.6 Å². The average molecular weight is 1020 g/mol. The number of nitrogens with zero attached hydrogens (tertiary/aromatic N) is 7. The molecule has 0 aliphatic rings. The quantitative estimate of drug-likeness (QED) is 0.0277. The molecule has 0 spiro atoms. The zero-order chi connectivity index (χ0) is 44.4. The number of carboxylic acid groups (broad SMARTS) is 4. The van der Waals surface area contributed by atoms with E-state index in [1.807, 2.05) is 9.62 Å². The Labute approximate surface area is 348 Å². The van der Waals surface area contributed by atoms with Gasteiger partial charge >= 0.3 is 68.1 Å². The number of aliphatic carboxylic acids is 4. The van der Waals surface area contributed by atoms with E-state index in [4.69, 9.17) is 43.7 Å². The molecule has 3 aromatic rings. The monoisotopic (exact) mass is 1020 g/mol. The van der Waals surface area contributed by atoms with Crippen LogP contribution in [0.1, 0.15) is 18.1 Å². The number of hydrogen-bond acceptors (Lipinski definition) is 12. The summed E-state index contributed by atoms with van der Waals surface area (Å²) in [6, 6.07) is 5.70. The van der Waals surface area contributed by atoms with E-state index in [1.165, 1.54) is 58.2 Å². The van der Waals surface area contributed by atoms with Crippen LogP contribution in [0, 0.1) is 20.0 Å². The molecule has 0 atom stereocenters. The zero-order valence-corrected chi connectivity index (χ0v) is 34.0. The van der Waals surface area contributed by atoms with Gasteiger partial charge in [-0.15, -0.1) is 0 Å². The van der Waals surface area contributed by atoms with Crippen molar-refractivity contribution in [3.05, 3.63) is 80.7 Å². The van der Waals surface area contributed by atoms with Crippen molar-refractivity contribution in [2.45, 2.75) is 32.6 Å². The summed E-state index contributed by atoms with van der Waals surface area (Å²) >= 11 is 0. The number of benzene rings is 1. The van der Waals surface area contributed by atoms with E-state index in [1.54, 1.807) is 0 Å². The van der Waals surface area contributed by atoms with E-state index >= 15 is 0 Å². The summed E-state index contributed by atoms with van der Waals surface area (Å²) in [4.78, 5) is 82.5. The molecule has 1 aromatic carbocycles. The average Bonchev–Trinajstić information content (AvgIpc) is 3.79. The normalized spacial score (nSPS) is 9.97. The number of rotatable bonds is 23. The van der Waals surface area contributed by atoms with Gasteiger partial charge in [0.25, 0.3) is 0 Å². The predicted octanol–water partition coefficient (Wildman–Crippen LogP) is -1.35. The minimum absolute atomic E-state index is 0. The molecule has 0 saturated carbocycles. The van der Waals surface area contributed by atoms with Gasteiger partial charge in [0.15, 0.2) is 0 Å². The van der Waals surface area contributed by atoms with Crippen molar-refractivity contribution in [3.8, 4) is 5.75 Å². The third-order valence-electron chi connectivity index (χ3n) is 6.94. The minimum atomic E-state index is -4.46. The summed E-state index contributed by atoms with van der Waals surface area (Å²) in [6.45, 7) is 9.86. The van der Waals surface area contributed by atoms with Crippen LogP contribution in [0.2, 0.25) is 0 Å². The number of carboxylic acids is 4. The maximum atomic E-state index is 12.9. The van der Waals surface area contributed by atoms with Crippen LogP contribution in [0.3, 0.4) is 0 Å². The molecule has 27 heteroatoms. The van der Waals surface area contributed by atoms with Crippen LogP contribution in [0.25, 0.3) is 0 Å². The fraction of sp³-hybridized carbons (Fsp3) is 0.344. The van der Waals surface area contributed by atoms with Crippen LogP contribution in [0.5, 0.6) is 5.75 Å². The molecule has 0 saturated heterocycles. The van der Waals surface area contributed by atoms with Gasteiger partial charge in [-0.05, 0) is 30.7 Å². The number of carbonyl (C=O) groups is 6. The second-order valence-electron chi connectivity index (χ2n) is 11.0. The molecule has 319 valence electrons. The van der Waals surface area contributed by atoms with Gasteiger partial charge < -0.3 is 44.1 Å². The predicted molar refractivity (Wildman–Crippen MR) is 186 cm³/mol. The first kappa shape index (κ1) is 54.9. The van der Waals surface area contributed by atoms with Crippen LogP contribution in [-0.4, -0.2) is 142 Å². The smallest absolute Gasteiger partial charge is 0 e. The Hall–Kier alpha value is -6.19. The van der Waals surface area contributed by atoms with Crippen molar-refractivity contribution >= 4 is 51.7 Å². The van der Waals surface area contributed by atoms with E-state index in [0.29, 0.717) is 33.6 Å². The molecule has 3 rings (SSSR count). The Morgan fingerprint density at radius 2 is 1.07 bits per heavy atom. The van der Waals surface area contributed by atoms with E-state index in [2.05, 4.69) is 29.9 Å². The Balaban J connectivity index is 0. The Morgan fingerprint density at radius 3 is 1.41 bits per heavy atom. The molecule has 0 unspecified atom stereocenters. The van der Waals surface area contributed by atoms with Gasteiger partial charge in [0.2, 0.25) is 11.8 Å². The molecule has 1 radical (unpaired) electrons. The number of anilines is 1. The number of ether oxygens (including phenoxy) is 1. The Kier molecular flexibility index (Phi) is 27.1. The summed E-state index contributed by atoms with van der Waals surface area (Å²) in [7, 11) is -4.46. The molecular weight excluding hydrogens is 987 g/mol. The molecule has 2 aromatic heterocycles. The van der Waals surface area contributed by atoms with Crippen LogP contribution >= 0.6 is 0 Å². The largest absolute Gasteiger partial charge is 0 e. The standard InChI is InChI=1S/C29H36N8O14S.3CO.Re/c38-24(36(16-26(40)41)17-27(42)43)14-34-9-6-30-22(34)12-33(8-1-11-51-21-4-2-20(3-5-21)32-52(48,49)50)13-23-31-7-10-35(23)15-25(39)37(18-28(44)45)19-29(46)47;3*1-2;/h2-7,9-10,32H,1,8,11-19H2,(H,40,41)(H,42,43)(H,44,45)(H,46,47)(H,48,49,50);;;;. The van der Waals surface area contributed by atoms with E-state index in [-0.39, 0.29) is 52.4 Å². The molecule has 0 aliphatic carbocycles. The van der Waals surface area contributed by atoms with Crippen LogP contribution in [0.4, 0.5) is 5.69 Å². The first-order valence-corrected chi connectivity index (χ1v) is 17.2. The van der Waals surface area contributed by atoms with E-state index in [9.17, 15) is 37.2 Å². The van der Waals surface area contributed by atoms with Crippen molar-refractivity contribution < 1.29 is 101 Å². The molecule has 0 aliphatic heterocycles. The number of imidazole rings is 2. The van der Waals surface area contributed by atoms with E-state index < -0.39 is 85.3 Å². The molecule has 0 bridgehead atoms. The first-order valence-electron chi connectivity index (χ1n) is 15.7. The number of hydrogen-bond donors (Lipinski definition) is 6. The van der Waals surface area contributed by atoms with Crippen molar-refractivity contribution in [3.63, 3.8) is 0 Å². The third kappa shape index (κ3) is 22.4. The van der Waals surface area contributed by atoms with Gasteiger partial charge in [-0.2, -0.15) is 8.42 Å². The van der Waals surface area contributed by atoms with Crippen molar-refractivity contribution in [1.82, 2.24) is 33.8 Å². The second kappa shape index (κ2) is 29.1. The van der Waals surface area contributed by atoms with Gasteiger partial charge in [0.05, 0.1) is 25.4 Å². The van der Waals surface area contributed by atoms with Gasteiger partial charge in [0, 0.05) is 51.8 Å². The number of aromatic nitrogens is 4. The summed E-state index contributed by atoms with van der Waals surface area (Å²) < 4.78 is 64.0. The minimum Gasteiger partial charge on any atom is 0 e. The van der Waals surface area contributed by atoms with Gasteiger partial charge in [-0.1, -0.05) is 0 Å². The summed E-state index contributed by atoms with van der Waals surface area (Å²) in [5, 5.41) is 36.6. The number of carbonyl (C=O) groups excluding carboxylic acids is 2. The maximum Gasteiger partial charge on any atom is 0 e. The van der Waals surface area contributed by atoms with Crippen LogP contribution in [0.15, 0.2) is 49.1 Å². The van der Waals surface area contributed by atoms with Crippen molar-refractivity contribution in [2.24, 2.45) is 0 Å². The SMILES string of the molecule is O=C(O)CN(CC(=O)O)C(=O)Cn1ccnc1CN(CCCOc1ccc(NS(=O)(=O)O)cc1)Cc1nccn1CC(=O)N(CC(=O)O)CC(=O)O.[C-]#[O+].[C-]#[O+].[C-]#[O+].[Re]. The molecule has 2 heterocycles. The van der Waals surface area contributed by atoms with Crippen molar-refractivity contribution in [2.75, 3.05) is 44.1 Å². The fourth-order valence-corrected chi connectivity index (χ4v) is 5.17. The van der Waals surface area contributed by atoms with Gasteiger partial charge in [0.1, 0.15) is 56.7 Å². The summed E-state index contributed by atoms with van der Waals surface area (Å²) in [5.41, 5.74) is 0.104. The zero-order valence-electron chi connectivity index (χ0n) is 30.4. The summed E-state index contributed by atoms with van der Waals surface area (Å²) in [5.74, 6) is -6.15. The second-order valence-corrected chi connectivity index (χ2v) is 12.2. The topological polar surface area (TPSA) is 364 Å².